The number of aromatic nitrogens is 2. The van der Waals surface area contributed by atoms with E-state index in [0.717, 1.165) is 23.9 Å². The van der Waals surface area contributed by atoms with Crippen LogP contribution in [-0.2, 0) is 0 Å². The van der Waals surface area contributed by atoms with Crippen LogP contribution in [0.2, 0.25) is 0 Å². The average Bonchev–Trinajstić information content (AvgIpc) is 2.71. The second-order valence-electron chi connectivity index (χ2n) is 5.23. The SMILES string of the molecule is Cc1cn(-c2cccc(F)c2C)c(NCC(C)C)n1. The smallest absolute Gasteiger partial charge is 0.207 e. The van der Waals surface area contributed by atoms with Gasteiger partial charge in [0.1, 0.15) is 5.82 Å². The minimum atomic E-state index is -0.196. The monoisotopic (exact) mass is 261 g/mol. The third-order valence-corrected chi connectivity index (χ3v) is 2.99. The number of benzene rings is 1. The van der Waals surface area contributed by atoms with Gasteiger partial charge in [0.05, 0.1) is 11.4 Å². The van der Waals surface area contributed by atoms with E-state index < -0.39 is 0 Å². The van der Waals surface area contributed by atoms with Crippen molar-refractivity contribution in [2.24, 2.45) is 5.92 Å². The minimum Gasteiger partial charge on any atom is -0.355 e. The van der Waals surface area contributed by atoms with Crippen LogP contribution in [-0.4, -0.2) is 16.1 Å². The Labute approximate surface area is 113 Å². The van der Waals surface area contributed by atoms with Crippen molar-refractivity contribution in [1.29, 1.82) is 0 Å². The van der Waals surface area contributed by atoms with Gasteiger partial charge in [0.2, 0.25) is 5.95 Å². The number of rotatable bonds is 4. The molecule has 4 heteroatoms. The Bertz CT molecular complexity index is 573. The van der Waals surface area contributed by atoms with E-state index in [1.54, 1.807) is 13.0 Å². The molecule has 19 heavy (non-hydrogen) atoms. The van der Waals surface area contributed by atoms with Gasteiger partial charge in [-0.1, -0.05) is 19.9 Å². The van der Waals surface area contributed by atoms with Crippen molar-refractivity contribution in [2.45, 2.75) is 27.7 Å². The number of nitrogens with zero attached hydrogens (tertiary/aromatic N) is 2. The maximum Gasteiger partial charge on any atom is 0.207 e. The van der Waals surface area contributed by atoms with Gasteiger partial charge in [0, 0.05) is 18.3 Å². The summed E-state index contributed by atoms with van der Waals surface area (Å²) in [6.07, 6.45) is 1.92. The van der Waals surface area contributed by atoms with Gasteiger partial charge in [-0.3, -0.25) is 4.57 Å². The van der Waals surface area contributed by atoms with Gasteiger partial charge in [-0.25, -0.2) is 9.37 Å². The van der Waals surface area contributed by atoms with Gasteiger partial charge in [0.15, 0.2) is 0 Å². The van der Waals surface area contributed by atoms with E-state index in [0.29, 0.717) is 11.5 Å². The fourth-order valence-corrected chi connectivity index (χ4v) is 1.96. The van der Waals surface area contributed by atoms with E-state index in [4.69, 9.17) is 0 Å². The molecule has 2 rings (SSSR count). The first kappa shape index (κ1) is 13.6. The number of halogens is 1. The maximum absolute atomic E-state index is 13.7. The fourth-order valence-electron chi connectivity index (χ4n) is 1.96. The number of nitrogens with one attached hydrogen (secondary N) is 1. The predicted molar refractivity (Wildman–Crippen MR) is 76.3 cm³/mol. The van der Waals surface area contributed by atoms with Crippen molar-refractivity contribution >= 4 is 5.95 Å². The Hall–Kier alpha value is -1.84. The van der Waals surface area contributed by atoms with Gasteiger partial charge in [-0.05, 0) is 31.9 Å². The molecule has 102 valence electrons. The van der Waals surface area contributed by atoms with Crippen molar-refractivity contribution < 1.29 is 4.39 Å². The summed E-state index contributed by atoms with van der Waals surface area (Å²) in [6.45, 7) is 8.84. The van der Waals surface area contributed by atoms with E-state index >= 15 is 0 Å². The average molecular weight is 261 g/mol. The zero-order valence-electron chi connectivity index (χ0n) is 11.9. The Kier molecular flexibility index (Phi) is 3.88. The summed E-state index contributed by atoms with van der Waals surface area (Å²) in [5.74, 6) is 1.10. The van der Waals surface area contributed by atoms with Gasteiger partial charge in [0.25, 0.3) is 0 Å². The van der Waals surface area contributed by atoms with Crippen LogP contribution in [0.25, 0.3) is 5.69 Å². The summed E-state index contributed by atoms with van der Waals surface area (Å²) >= 11 is 0. The largest absolute Gasteiger partial charge is 0.355 e. The highest BCUT2D eigenvalue weighted by Gasteiger charge is 2.11. The summed E-state index contributed by atoms with van der Waals surface area (Å²) < 4.78 is 15.6. The second kappa shape index (κ2) is 5.43. The summed E-state index contributed by atoms with van der Waals surface area (Å²) in [5, 5.41) is 3.31. The third kappa shape index (κ3) is 2.95. The Morgan fingerprint density at radius 2 is 2.05 bits per heavy atom. The van der Waals surface area contributed by atoms with Crippen LogP contribution < -0.4 is 5.32 Å². The van der Waals surface area contributed by atoms with Crippen LogP contribution in [0.5, 0.6) is 0 Å². The van der Waals surface area contributed by atoms with Gasteiger partial charge in [-0.15, -0.1) is 0 Å². The van der Waals surface area contributed by atoms with E-state index in [1.165, 1.54) is 6.07 Å². The Morgan fingerprint density at radius 3 is 2.74 bits per heavy atom. The zero-order valence-corrected chi connectivity index (χ0v) is 11.9. The molecule has 3 nitrogen and oxygen atoms in total. The fraction of sp³-hybridized carbons (Fsp3) is 0.400. The summed E-state index contributed by atoms with van der Waals surface area (Å²) in [4.78, 5) is 4.46. The Morgan fingerprint density at radius 1 is 1.32 bits per heavy atom. The lowest BCUT2D eigenvalue weighted by atomic mass is 10.2. The molecule has 1 aromatic heterocycles. The maximum atomic E-state index is 13.7. The van der Waals surface area contributed by atoms with Crippen LogP contribution in [0.4, 0.5) is 10.3 Å². The minimum absolute atomic E-state index is 0.196. The highest BCUT2D eigenvalue weighted by Crippen LogP contribution is 2.22. The van der Waals surface area contributed by atoms with Crippen LogP contribution in [0.15, 0.2) is 24.4 Å². The lowest BCUT2D eigenvalue weighted by Gasteiger charge is -2.13. The summed E-state index contributed by atoms with van der Waals surface area (Å²) in [6, 6.07) is 5.10. The molecule has 0 atom stereocenters. The van der Waals surface area contributed by atoms with Gasteiger partial charge in [-0.2, -0.15) is 0 Å². The molecule has 0 aliphatic heterocycles. The molecule has 0 spiro atoms. The number of hydrogen-bond donors (Lipinski definition) is 1. The first-order valence-corrected chi connectivity index (χ1v) is 6.54. The Balaban J connectivity index is 2.41. The highest BCUT2D eigenvalue weighted by atomic mass is 19.1. The molecule has 0 radical (unpaired) electrons. The van der Waals surface area contributed by atoms with E-state index in [1.807, 2.05) is 23.8 Å². The van der Waals surface area contributed by atoms with Crippen LogP contribution in [0.1, 0.15) is 25.1 Å². The topological polar surface area (TPSA) is 29.9 Å². The summed E-state index contributed by atoms with van der Waals surface area (Å²) in [5.41, 5.74) is 2.37. The first-order valence-electron chi connectivity index (χ1n) is 6.54. The molecule has 0 aliphatic carbocycles. The third-order valence-electron chi connectivity index (χ3n) is 2.99. The molecule has 0 saturated heterocycles. The molecule has 0 unspecified atom stereocenters. The standard InChI is InChI=1S/C15H20FN3/c1-10(2)8-17-15-18-11(3)9-19(15)14-7-5-6-13(16)12(14)4/h5-7,9-10H,8H2,1-4H3,(H,17,18). The molecule has 0 bridgehead atoms. The zero-order chi connectivity index (χ0) is 14.0. The molecule has 0 aliphatic rings. The normalized spacial score (nSPS) is 11.1. The van der Waals surface area contributed by atoms with Crippen LogP contribution in [0.3, 0.4) is 0 Å². The predicted octanol–water partition coefficient (Wildman–Crippen LogP) is 3.70. The van der Waals surface area contributed by atoms with Crippen molar-refractivity contribution in [3.63, 3.8) is 0 Å². The molecule has 1 heterocycles. The van der Waals surface area contributed by atoms with Crippen LogP contribution >= 0.6 is 0 Å². The quantitative estimate of drug-likeness (QED) is 0.909. The molecule has 0 amide bonds. The van der Waals surface area contributed by atoms with E-state index in [-0.39, 0.29) is 5.82 Å². The molecule has 1 aromatic carbocycles. The summed E-state index contributed by atoms with van der Waals surface area (Å²) in [7, 11) is 0. The number of imidazole rings is 1. The molecule has 0 saturated carbocycles. The second-order valence-corrected chi connectivity index (χ2v) is 5.23. The highest BCUT2D eigenvalue weighted by molar-refractivity contribution is 5.48. The van der Waals surface area contributed by atoms with E-state index in [2.05, 4.69) is 24.1 Å². The molecule has 2 aromatic rings. The van der Waals surface area contributed by atoms with Gasteiger partial charge >= 0.3 is 0 Å². The number of anilines is 1. The lowest BCUT2D eigenvalue weighted by molar-refractivity contribution is 0.617. The first-order chi connectivity index (χ1) is 8.99. The van der Waals surface area contributed by atoms with Crippen molar-refractivity contribution in [3.8, 4) is 5.69 Å². The number of hydrogen-bond acceptors (Lipinski definition) is 2. The molecular weight excluding hydrogens is 241 g/mol. The number of aryl methyl sites for hydroxylation is 1. The molecule has 0 fully saturated rings. The van der Waals surface area contributed by atoms with Crippen molar-refractivity contribution in [2.75, 3.05) is 11.9 Å². The van der Waals surface area contributed by atoms with Crippen molar-refractivity contribution in [3.05, 3.63) is 41.5 Å². The van der Waals surface area contributed by atoms with Gasteiger partial charge < -0.3 is 5.32 Å². The molecule has 1 N–H and O–H groups in total. The van der Waals surface area contributed by atoms with Crippen LogP contribution in [0, 0.1) is 25.6 Å². The van der Waals surface area contributed by atoms with E-state index in [9.17, 15) is 4.39 Å². The lowest BCUT2D eigenvalue weighted by Crippen LogP contribution is -2.12. The molecular formula is C15H20FN3. The van der Waals surface area contributed by atoms with Crippen molar-refractivity contribution in [1.82, 2.24) is 9.55 Å².